The molecule has 0 saturated carbocycles. The van der Waals surface area contributed by atoms with E-state index in [0.29, 0.717) is 6.04 Å². The molecule has 0 aromatic heterocycles. The molecular formula is C10H21NO. The summed E-state index contributed by atoms with van der Waals surface area (Å²) >= 11 is 0. The Kier molecular flexibility index (Phi) is 4.62. The van der Waals surface area contributed by atoms with Gasteiger partial charge in [0.2, 0.25) is 0 Å². The van der Waals surface area contributed by atoms with Gasteiger partial charge in [-0.25, -0.2) is 0 Å². The van der Waals surface area contributed by atoms with E-state index in [0.717, 1.165) is 25.7 Å². The average Bonchev–Trinajstić information content (AvgIpc) is 2.53. The summed E-state index contributed by atoms with van der Waals surface area (Å²) in [5, 5.41) is 3.50. The van der Waals surface area contributed by atoms with E-state index in [2.05, 4.69) is 19.2 Å². The van der Waals surface area contributed by atoms with Gasteiger partial charge in [0.15, 0.2) is 0 Å². The zero-order valence-corrected chi connectivity index (χ0v) is 8.31. The predicted octanol–water partition coefficient (Wildman–Crippen LogP) is 1.80. The van der Waals surface area contributed by atoms with Crippen LogP contribution in [0.25, 0.3) is 0 Å². The molecule has 1 heterocycles. The van der Waals surface area contributed by atoms with Crippen LogP contribution in [0.15, 0.2) is 0 Å². The van der Waals surface area contributed by atoms with Crippen molar-refractivity contribution in [1.82, 2.24) is 5.32 Å². The van der Waals surface area contributed by atoms with E-state index in [1.807, 2.05) is 0 Å². The summed E-state index contributed by atoms with van der Waals surface area (Å²) in [7, 11) is 0. The Morgan fingerprint density at radius 1 is 1.58 bits per heavy atom. The number of rotatable bonds is 5. The third-order valence-electron chi connectivity index (χ3n) is 2.45. The molecule has 1 aliphatic rings. The molecule has 1 aliphatic heterocycles. The summed E-state index contributed by atoms with van der Waals surface area (Å²) < 4.78 is 5.33. The molecular weight excluding hydrogens is 150 g/mol. The van der Waals surface area contributed by atoms with Gasteiger partial charge in [0.1, 0.15) is 0 Å². The standard InChI is InChI=1S/C10H21NO/c1-3-5-11-9(2)7-10-4-6-12-8-10/h9-11H,3-8H2,1-2H3. The van der Waals surface area contributed by atoms with Gasteiger partial charge in [-0.2, -0.15) is 0 Å². The van der Waals surface area contributed by atoms with Crippen LogP contribution in [0.4, 0.5) is 0 Å². The highest BCUT2D eigenvalue weighted by atomic mass is 16.5. The summed E-state index contributed by atoms with van der Waals surface area (Å²) in [5.41, 5.74) is 0. The van der Waals surface area contributed by atoms with Crippen molar-refractivity contribution in [3.8, 4) is 0 Å². The fourth-order valence-electron chi connectivity index (χ4n) is 1.74. The Balaban J connectivity index is 2.03. The van der Waals surface area contributed by atoms with Crippen molar-refractivity contribution in [2.45, 2.75) is 39.2 Å². The first kappa shape index (κ1) is 10.0. The molecule has 0 aromatic carbocycles. The van der Waals surface area contributed by atoms with Crippen LogP contribution in [-0.2, 0) is 4.74 Å². The molecule has 12 heavy (non-hydrogen) atoms. The fourth-order valence-corrected chi connectivity index (χ4v) is 1.74. The van der Waals surface area contributed by atoms with Crippen LogP contribution in [0.3, 0.4) is 0 Å². The molecule has 1 saturated heterocycles. The van der Waals surface area contributed by atoms with Gasteiger partial charge in [0, 0.05) is 19.3 Å². The average molecular weight is 171 g/mol. The quantitative estimate of drug-likeness (QED) is 0.681. The first-order valence-corrected chi connectivity index (χ1v) is 5.14. The molecule has 2 atom stereocenters. The third-order valence-corrected chi connectivity index (χ3v) is 2.45. The highest BCUT2D eigenvalue weighted by Crippen LogP contribution is 2.17. The normalized spacial score (nSPS) is 26.0. The molecule has 1 N–H and O–H groups in total. The van der Waals surface area contributed by atoms with Crippen molar-refractivity contribution >= 4 is 0 Å². The van der Waals surface area contributed by atoms with Crippen LogP contribution in [-0.4, -0.2) is 25.8 Å². The molecule has 1 rings (SSSR count). The molecule has 0 spiro atoms. The van der Waals surface area contributed by atoms with Crippen LogP contribution in [0.2, 0.25) is 0 Å². The maximum Gasteiger partial charge on any atom is 0.0495 e. The van der Waals surface area contributed by atoms with Crippen molar-refractivity contribution in [3.63, 3.8) is 0 Å². The van der Waals surface area contributed by atoms with E-state index in [-0.39, 0.29) is 0 Å². The Morgan fingerprint density at radius 2 is 2.42 bits per heavy atom. The molecule has 72 valence electrons. The molecule has 0 bridgehead atoms. The first-order valence-electron chi connectivity index (χ1n) is 5.14. The lowest BCUT2D eigenvalue weighted by atomic mass is 10.0. The molecule has 0 radical (unpaired) electrons. The maximum absolute atomic E-state index is 5.33. The molecule has 2 unspecified atom stereocenters. The number of nitrogens with one attached hydrogen (secondary N) is 1. The number of ether oxygens (including phenoxy) is 1. The van der Waals surface area contributed by atoms with Crippen LogP contribution in [0.5, 0.6) is 0 Å². The van der Waals surface area contributed by atoms with Crippen LogP contribution in [0.1, 0.15) is 33.1 Å². The zero-order valence-electron chi connectivity index (χ0n) is 8.31. The van der Waals surface area contributed by atoms with E-state index in [9.17, 15) is 0 Å². The summed E-state index contributed by atoms with van der Waals surface area (Å²) in [5.74, 6) is 0.810. The highest BCUT2D eigenvalue weighted by molar-refractivity contribution is 4.70. The monoisotopic (exact) mass is 171 g/mol. The second-order valence-corrected chi connectivity index (χ2v) is 3.82. The second kappa shape index (κ2) is 5.55. The van der Waals surface area contributed by atoms with Gasteiger partial charge >= 0.3 is 0 Å². The minimum Gasteiger partial charge on any atom is -0.381 e. The lowest BCUT2D eigenvalue weighted by Gasteiger charge is -2.16. The zero-order chi connectivity index (χ0) is 8.81. The predicted molar refractivity (Wildman–Crippen MR) is 51.3 cm³/mol. The van der Waals surface area contributed by atoms with Crippen molar-refractivity contribution in [2.24, 2.45) is 5.92 Å². The topological polar surface area (TPSA) is 21.3 Å². The van der Waals surface area contributed by atoms with Gasteiger partial charge in [-0.05, 0) is 38.6 Å². The molecule has 0 aromatic rings. The number of hydrogen-bond acceptors (Lipinski definition) is 2. The van der Waals surface area contributed by atoms with E-state index < -0.39 is 0 Å². The van der Waals surface area contributed by atoms with Gasteiger partial charge in [-0.15, -0.1) is 0 Å². The Bertz CT molecular complexity index is 110. The smallest absolute Gasteiger partial charge is 0.0495 e. The second-order valence-electron chi connectivity index (χ2n) is 3.82. The van der Waals surface area contributed by atoms with E-state index in [1.165, 1.54) is 19.3 Å². The largest absolute Gasteiger partial charge is 0.381 e. The minimum atomic E-state index is 0.664. The molecule has 0 aliphatic carbocycles. The molecule has 0 amide bonds. The van der Waals surface area contributed by atoms with Gasteiger partial charge < -0.3 is 10.1 Å². The lowest BCUT2D eigenvalue weighted by Crippen LogP contribution is -2.29. The maximum atomic E-state index is 5.33. The van der Waals surface area contributed by atoms with Crippen LogP contribution in [0, 0.1) is 5.92 Å². The molecule has 1 fully saturated rings. The van der Waals surface area contributed by atoms with Crippen molar-refractivity contribution in [1.29, 1.82) is 0 Å². The fraction of sp³-hybridized carbons (Fsp3) is 1.00. The van der Waals surface area contributed by atoms with E-state index in [1.54, 1.807) is 0 Å². The Labute approximate surface area is 75.7 Å². The summed E-state index contributed by atoms with van der Waals surface area (Å²) in [4.78, 5) is 0. The van der Waals surface area contributed by atoms with Gasteiger partial charge in [0.25, 0.3) is 0 Å². The van der Waals surface area contributed by atoms with E-state index >= 15 is 0 Å². The van der Waals surface area contributed by atoms with E-state index in [4.69, 9.17) is 4.74 Å². The first-order chi connectivity index (χ1) is 5.83. The Morgan fingerprint density at radius 3 is 3.00 bits per heavy atom. The number of hydrogen-bond donors (Lipinski definition) is 1. The highest BCUT2D eigenvalue weighted by Gasteiger charge is 2.17. The summed E-state index contributed by atoms with van der Waals surface area (Å²) in [6, 6.07) is 0.664. The van der Waals surface area contributed by atoms with Crippen LogP contribution >= 0.6 is 0 Å². The van der Waals surface area contributed by atoms with Gasteiger partial charge in [0.05, 0.1) is 0 Å². The van der Waals surface area contributed by atoms with Crippen LogP contribution < -0.4 is 5.32 Å². The van der Waals surface area contributed by atoms with Crippen molar-refractivity contribution in [3.05, 3.63) is 0 Å². The van der Waals surface area contributed by atoms with Gasteiger partial charge in [-0.3, -0.25) is 0 Å². The minimum absolute atomic E-state index is 0.664. The van der Waals surface area contributed by atoms with Crippen molar-refractivity contribution < 1.29 is 4.74 Å². The van der Waals surface area contributed by atoms with Crippen molar-refractivity contribution in [2.75, 3.05) is 19.8 Å². The molecule has 2 nitrogen and oxygen atoms in total. The van der Waals surface area contributed by atoms with Gasteiger partial charge in [-0.1, -0.05) is 6.92 Å². The third kappa shape index (κ3) is 3.55. The SMILES string of the molecule is CCCNC(C)CC1CCOC1. The summed E-state index contributed by atoms with van der Waals surface area (Å²) in [6.07, 6.45) is 3.77. The summed E-state index contributed by atoms with van der Waals surface area (Å²) in [6.45, 7) is 7.59. The molecule has 2 heteroatoms. The lowest BCUT2D eigenvalue weighted by molar-refractivity contribution is 0.182. The Hall–Kier alpha value is -0.0800.